The summed E-state index contributed by atoms with van der Waals surface area (Å²) in [6.45, 7) is 0.555. The van der Waals surface area contributed by atoms with Gasteiger partial charge >= 0.3 is 0 Å². The minimum atomic E-state index is -0.358. The number of rotatable bonds is 7. The van der Waals surface area contributed by atoms with Gasteiger partial charge in [0.15, 0.2) is 11.7 Å². The third kappa shape index (κ3) is 4.98. The van der Waals surface area contributed by atoms with E-state index < -0.39 is 0 Å². The monoisotopic (exact) mass is 384 g/mol. The SMILES string of the molecule is CSc1ccc(CN(C)C(=O)CCc2ncc(-c3ccccc3F)o2)cc1. The Kier molecular flexibility index (Phi) is 6.29. The molecule has 0 unspecified atom stereocenters. The second-order valence-corrected chi connectivity index (χ2v) is 7.08. The summed E-state index contributed by atoms with van der Waals surface area (Å²) < 4.78 is 19.4. The van der Waals surface area contributed by atoms with Crippen LogP contribution >= 0.6 is 11.8 Å². The summed E-state index contributed by atoms with van der Waals surface area (Å²) in [5, 5.41) is 0. The fraction of sp³-hybridized carbons (Fsp3) is 0.238. The van der Waals surface area contributed by atoms with Crippen LogP contribution in [0.3, 0.4) is 0 Å². The molecule has 4 nitrogen and oxygen atoms in total. The minimum Gasteiger partial charge on any atom is -0.441 e. The smallest absolute Gasteiger partial charge is 0.223 e. The van der Waals surface area contributed by atoms with E-state index in [0.29, 0.717) is 30.2 Å². The van der Waals surface area contributed by atoms with Crippen LogP contribution in [0.1, 0.15) is 17.9 Å². The minimum absolute atomic E-state index is 0.00887. The van der Waals surface area contributed by atoms with Gasteiger partial charge < -0.3 is 9.32 Å². The number of carbonyl (C=O) groups is 1. The Hall–Kier alpha value is -2.60. The molecule has 0 fully saturated rings. The Balaban J connectivity index is 1.55. The van der Waals surface area contributed by atoms with Crippen LogP contribution in [0.5, 0.6) is 0 Å². The van der Waals surface area contributed by atoms with Crippen molar-refractivity contribution in [3.05, 3.63) is 72.0 Å². The number of halogens is 1. The molecule has 3 rings (SSSR count). The number of nitrogens with zero attached hydrogens (tertiary/aromatic N) is 2. The zero-order valence-electron chi connectivity index (χ0n) is 15.3. The number of amides is 1. The molecular formula is C21H21FN2O2S. The fourth-order valence-electron chi connectivity index (χ4n) is 2.71. The topological polar surface area (TPSA) is 46.3 Å². The summed E-state index contributed by atoms with van der Waals surface area (Å²) in [6.07, 6.45) is 4.19. The van der Waals surface area contributed by atoms with Gasteiger partial charge in [-0.2, -0.15) is 0 Å². The van der Waals surface area contributed by atoms with Crippen molar-refractivity contribution < 1.29 is 13.6 Å². The number of carbonyl (C=O) groups excluding carboxylic acids is 1. The molecule has 1 aromatic heterocycles. The summed E-state index contributed by atoms with van der Waals surface area (Å²) in [7, 11) is 1.78. The van der Waals surface area contributed by atoms with E-state index in [2.05, 4.69) is 17.1 Å². The predicted octanol–water partition coefficient (Wildman–Crippen LogP) is 4.79. The molecule has 2 aromatic carbocycles. The lowest BCUT2D eigenvalue weighted by Crippen LogP contribution is -2.26. The Morgan fingerprint density at radius 2 is 1.93 bits per heavy atom. The Labute approximate surface area is 162 Å². The number of hydrogen-bond acceptors (Lipinski definition) is 4. The number of oxazole rings is 1. The lowest BCUT2D eigenvalue weighted by Gasteiger charge is -2.17. The van der Waals surface area contributed by atoms with Crippen LogP contribution in [0, 0.1) is 5.82 Å². The van der Waals surface area contributed by atoms with Crippen molar-refractivity contribution in [1.29, 1.82) is 0 Å². The molecule has 0 spiro atoms. The van der Waals surface area contributed by atoms with Gasteiger partial charge in [0, 0.05) is 31.3 Å². The number of benzene rings is 2. The average Bonchev–Trinajstić information content (AvgIpc) is 3.15. The molecule has 3 aromatic rings. The largest absolute Gasteiger partial charge is 0.441 e. The molecule has 0 bridgehead atoms. The molecule has 0 N–H and O–H groups in total. The molecule has 27 heavy (non-hydrogen) atoms. The highest BCUT2D eigenvalue weighted by atomic mass is 32.2. The van der Waals surface area contributed by atoms with E-state index >= 15 is 0 Å². The lowest BCUT2D eigenvalue weighted by molar-refractivity contribution is -0.130. The fourth-order valence-corrected chi connectivity index (χ4v) is 3.12. The predicted molar refractivity (Wildman–Crippen MR) is 105 cm³/mol. The van der Waals surface area contributed by atoms with E-state index in [0.717, 1.165) is 5.56 Å². The Morgan fingerprint density at radius 3 is 2.63 bits per heavy atom. The van der Waals surface area contributed by atoms with Gasteiger partial charge in [-0.25, -0.2) is 9.37 Å². The van der Waals surface area contributed by atoms with E-state index in [1.165, 1.54) is 17.2 Å². The van der Waals surface area contributed by atoms with Gasteiger partial charge in [0.2, 0.25) is 5.91 Å². The highest BCUT2D eigenvalue weighted by Crippen LogP contribution is 2.23. The van der Waals surface area contributed by atoms with E-state index in [9.17, 15) is 9.18 Å². The van der Waals surface area contributed by atoms with Crippen LogP contribution in [0.2, 0.25) is 0 Å². The van der Waals surface area contributed by atoms with Crippen molar-refractivity contribution in [2.24, 2.45) is 0 Å². The quantitative estimate of drug-likeness (QED) is 0.549. The molecule has 0 aliphatic carbocycles. The molecule has 0 aliphatic heterocycles. The highest BCUT2D eigenvalue weighted by Gasteiger charge is 2.14. The van der Waals surface area contributed by atoms with E-state index in [4.69, 9.17) is 4.42 Å². The standard InChI is InChI=1S/C21H21FN2O2S/c1-24(14-15-7-9-16(27-2)10-8-15)21(25)12-11-20-23-13-19(26-20)17-5-3-4-6-18(17)22/h3-10,13H,11-12,14H2,1-2H3. The molecule has 0 radical (unpaired) electrons. The molecule has 0 atom stereocenters. The summed E-state index contributed by atoms with van der Waals surface area (Å²) in [5.74, 6) is 0.454. The first-order chi connectivity index (χ1) is 13.1. The van der Waals surface area contributed by atoms with Crippen LogP contribution in [-0.2, 0) is 17.8 Å². The molecule has 0 aliphatic rings. The number of thioether (sulfide) groups is 1. The van der Waals surface area contributed by atoms with Crippen molar-refractivity contribution in [2.75, 3.05) is 13.3 Å². The van der Waals surface area contributed by atoms with Crippen molar-refractivity contribution in [2.45, 2.75) is 24.3 Å². The van der Waals surface area contributed by atoms with Crippen molar-refractivity contribution in [3.8, 4) is 11.3 Å². The molecule has 0 saturated heterocycles. The highest BCUT2D eigenvalue weighted by molar-refractivity contribution is 7.98. The first kappa shape index (κ1) is 19.2. The second kappa shape index (κ2) is 8.86. The molecule has 140 valence electrons. The average molecular weight is 384 g/mol. The Bertz CT molecular complexity index is 909. The third-order valence-corrected chi connectivity index (χ3v) is 4.99. The van der Waals surface area contributed by atoms with Crippen molar-refractivity contribution in [1.82, 2.24) is 9.88 Å². The van der Waals surface area contributed by atoms with Crippen LogP contribution < -0.4 is 0 Å². The molecule has 1 heterocycles. The summed E-state index contributed by atoms with van der Waals surface area (Å²) >= 11 is 1.69. The van der Waals surface area contributed by atoms with Gasteiger partial charge in [0.05, 0.1) is 11.8 Å². The Morgan fingerprint density at radius 1 is 1.19 bits per heavy atom. The van der Waals surface area contributed by atoms with Crippen molar-refractivity contribution >= 4 is 17.7 Å². The van der Waals surface area contributed by atoms with E-state index in [1.54, 1.807) is 41.9 Å². The summed E-state index contributed by atoms with van der Waals surface area (Å²) in [4.78, 5) is 19.4. The maximum absolute atomic E-state index is 13.8. The van der Waals surface area contributed by atoms with Crippen LogP contribution in [0.25, 0.3) is 11.3 Å². The van der Waals surface area contributed by atoms with Gasteiger partial charge in [-0.3, -0.25) is 4.79 Å². The van der Waals surface area contributed by atoms with Crippen LogP contribution in [-0.4, -0.2) is 29.1 Å². The second-order valence-electron chi connectivity index (χ2n) is 6.20. The van der Waals surface area contributed by atoms with Gasteiger partial charge in [-0.15, -0.1) is 11.8 Å². The maximum Gasteiger partial charge on any atom is 0.223 e. The lowest BCUT2D eigenvalue weighted by atomic mass is 10.2. The zero-order valence-corrected chi connectivity index (χ0v) is 16.1. The summed E-state index contributed by atoms with van der Waals surface area (Å²) in [6, 6.07) is 14.5. The summed E-state index contributed by atoms with van der Waals surface area (Å²) in [5.41, 5.74) is 1.45. The molecular weight excluding hydrogens is 363 g/mol. The number of aromatic nitrogens is 1. The van der Waals surface area contributed by atoms with Gasteiger partial charge in [0.1, 0.15) is 5.82 Å². The van der Waals surface area contributed by atoms with Crippen LogP contribution in [0.4, 0.5) is 4.39 Å². The van der Waals surface area contributed by atoms with E-state index in [1.807, 2.05) is 18.4 Å². The third-order valence-electron chi connectivity index (χ3n) is 4.25. The zero-order chi connectivity index (χ0) is 19.2. The first-order valence-corrected chi connectivity index (χ1v) is 9.86. The van der Waals surface area contributed by atoms with Gasteiger partial charge in [0.25, 0.3) is 0 Å². The van der Waals surface area contributed by atoms with Crippen LogP contribution in [0.15, 0.2) is 64.0 Å². The molecule has 6 heteroatoms. The number of hydrogen-bond donors (Lipinski definition) is 0. The van der Waals surface area contributed by atoms with Gasteiger partial charge in [-0.1, -0.05) is 24.3 Å². The molecule has 0 saturated carbocycles. The maximum atomic E-state index is 13.8. The molecule has 1 amide bonds. The van der Waals surface area contributed by atoms with Crippen molar-refractivity contribution in [3.63, 3.8) is 0 Å². The number of aryl methyl sites for hydroxylation is 1. The normalized spacial score (nSPS) is 10.8. The first-order valence-electron chi connectivity index (χ1n) is 8.63. The van der Waals surface area contributed by atoms with Gasteiger partial charge in [-0.05, 0) is 36.1 Å². The van der Waals surface area contributed by atoms with E-state index in [-0.39, 0.29) is 18.1 Å².